The second-order valence-corrected chi connectivity index (χ2v) is 5.98. The molecule has 0 radical (unpaired) electrons. The third-order valence-corrected chi connectivity index (χ3v) is 4.73. The van der Waals surface area contributed by atoms with Crippen LogP contribution in [0.3, 0.4) is 0 Å². The molecule has 0 aromatic heterocycles. The van der Waals surface area contributed by atoms with Gasteiger partial charge in [0.05, 0.1) is 6.07 Å². The molecule has 2 heteroatoms. The van der Waals surface area contributed by atoms with Crippen molar-refractivity contribution in [2.45, 2.75) is 31.1 Å². The van der Waals surface area contributed by atoms with Crippen molar-refractivity contribution in [2.75, 3.05) is 0 Å². The van der Waals surface area contributed by atoms with Crippen molar-refractivity contribution >= 4 is 5.78 Å². The fourth-order valence-electron chi connectivity index (χ4n) is 3.65. The Balaban J connectivity index is 2.17. The van der Waals surface area contributed by atoms with Gasteiger partial charge < -0.3 is 0 Å². The third kappa shape index (κ3) is 2.44. The molecule has 1 aliphatic carbocycles. The van der Waals surface area contributed by atoms with E-state index in [-0.39, 0.29) is 11.7 Å². The van der Waals surface area contributed by atoms with E-state index >= 15 is 0 Å². The molecule has 1 aliphatic rings. The zero-order valence-corrected chi connectivity index (χ0v) is 12.5. The van der Waals surface area contributed by atoms with Crippen LogP contribution in [0, 0.1) is 17.2 Å². The summed E-state index contributed by atoms with van der Waals surface area (Å²) in [6.45, 7) is 0. The van der Waals surface area contributed by atoms with Crippen molar-refractivity contribution in [3.05, 3.63) is 71.8 Å². The maximum absolute atomic E-state index is 12.0. The molecular weight excluding hydrogens is 270 g/mol. The highest BCUT2D eigenvalue weighted by Gasteiger charge is 2.44. The zero-order valence-electron chi connectivity index (χ0n) is 12.5. The lowest BCUT2D eigenvalue weighted by molar-refractivity contribution is -0.121. The summed E-state index contributed by atoms with van der Waals surface area (Å²) < 4.78 is 0. The van der Waals surface area contributed by atoms with Gasteiger partial charge in [0.25, 0.3) is 0 Å². The van der Waals surface area contributed by atoms with Gasteiger partial charge in [0.1, 0.15) is 11.2 Å². The second-order valence-electron chi connectivity index (χ2n) is 5.98. The van der Waals surface area contributed by atoms with E-state index in [1.165, 1.54) is 0 Å². The highest BCUT2D eigenvalue weighted by atomic mass is 16.1. The van der Waals surface area contributed by atoms with Crippen LogP contribution in [0.15, 0.2) is 60.7 Å². The number of carbonyl (C=O) groups excluding carboxylic acids is 1. The molecule has 0 heterocycles. The number of nitrogens with zero attached hydrogens (tertiary/aromatic N) is 1. The van der Waals surface area contributed by atoms with Crippen LogP contribution < -0.4 is 0 Å². The minimum absolute atomic E-state index is 0.0450. The molecular formula is C20H19NO. The zero-order chi connectivity index (χ0) is 15.4. The normalized spacial score (nSPS) is 18.7. The second kappa shape index (κ2) is 6.15. The Kier molecular flexibility index (Phi) is 4.06. The number of benzene rings is 2. The summed E-state index contributed by atoms with van der Waals surface area (Å²) in [5, 5.41) is 10.2. The van der Waals surface area contributed by atoms with Gasteiger partial charge in [-0.3, -0.25) is 4.79 Å². The van der Waals surface area contributed by atoms with Crippen LogP contribution in [0.2, 0.25) is 0 Å². The van der Waals surface area contributed by atoms with Crippen molar-refractivity contribution in [3.8, 4) is 6.07 Å². The Labute approximate surface area is 131 Å². The summed E-state index contributed by atoms with van der Waals surface area (Å²) in [6.07, 6.45) is 2.95. The van der Waals surface area contributed by atoms with Gasteiger partial charge in [0, 0.05) is 12.8 Å². The smallest absolute Gasteiger partial charge is 0.133 e. The van der Waals surface area contributed by atoms with E-state index in [1.807, 2.05) is 60.7 Å². The average molecular weight is 289 g/mol. The number of nitriles is 1. The van der Waals surface area contributed by atoms with Gasteiger partial charge in [0.15, 0.2) is 0 Å². The maximum Gasteiger partial charge on any atom is 0.133 e. The number of ketones is 1. The quantitative estimate of drug-likeness (QED) is 0.847. The minimum Gasteiger partial charge on any atom is -0.300 e. The molecule has 110 valence electrons. The molecule has 0 aliphatic heterocycles. The number of Topliss-reactive ketones (excluding diaryl/α,β-unsaturated/α-hetero) is 1. The highest BCUT2D eigenvalue weighted by Crippen LogP contribution is 2.44. The maximum atomic E-state index is 12.0. The Bertz CT molecular complexity index is 645. The Morgan fingerprint density at radius 1 is 0.955 bits per heavy atom. The van der Waals surface area contributed by atoms with E-state index in [0.717, 1.165) is 24.0 Å². The van der Waals surface area contributed by atoms with Crippen molar-refractivity contribution < 1.29 is 4.79 Å². The number of rotatable bonds is 3. The van der Waals surface area contributed by atoms with Crippen molar-refractivity contribution in [1.82, 2.24) is 0 Å². The highest BCUT2D eigenvalue weighted by molar-refractivity contribution is 5.80. The first-order valence-electron chi connectivity index (χ1n) is 7.81. The largest absolute Gasteiger partial charge is 0.300 e. The van der Waals surface area contributed by atoms with Gasteiger partial charge in [-0.25, -0.2) is 0 Å². The van der Waals surface area contributed by atoms with E-state index in [2.05, 4.69) is 6.07 Å². The van der Waals surface area contributed by atoms with E-state index in [0.29, 0.717) is 12.8 Å². The standard InChI is InChI=1S/C20H19NO/c21-15-20(16-8-3-1-4-9-16,17-10-5-2-6-11-17)18-12-7-13-19(22)14-18/h1-6,8-11,18H,7,12-14H2. The molecule has 0 N–H and O–H groups in total. The van der Waals surface area contributed by atoms with Gasteiger partial charge in [0.2, 0.25) is 0 Å². The van der Waals surface area contributed by atoms with Gasteiger partial charge in [-0.2, -0.15) is 5.26 Å². The van der Waals surface area contributed by atoms with Gasteiger partial charge in [-0.1, -0.05) is 60.7 Å². The number of carbonyl (C=O) groups is 1. The van der Waals surface area contributed by atoms with E-state index < -0.39 is 5.41 Å². The van der Waals surface area contributed by atoms with Crippen LogP contribution in [-0.4, -0.2) is 5.78 Å². The van der Waals surface area contributed by atoms with E-state index in [4.69, 9.17) is 0 Å². The summed E-state index contributed by atoms with van der Waals surface area (Å²) in [6, 6.07) is 22.4. The Hall–Kier alpha value is -2.40. The van der Waals surface area contributed by atoms with Crippen molar-refractivity contribution in [3.63, 3.8) is 0 Å². The van der Waals surface area contributed by atoms with Gasteiger partial charge in [-0.05, 0) is 29.9 Å². The SMILES string of the molecule is N#CC(c1ccccc1)(c1ccccc1)C1CCCC(=O)C1. The van der Waals surface area contributed by atoms with E-state index in [9.17, 15) is 10.1 Å². The molecule has 2 aromatic rings. The number of hydrogen-bond acceptors (Lipinski definition) is 2. The third-order valence-electron chi connectivity index (χ3n) is 4.73. The molecule has 1 atom stereocenters. The Morgan fingerprint density at radius 2 is 1.50 bits per heavy atom. The monoisotopic (exact) mass is 289 g/mol. The van der Waals surface area contributed by atoms with Crippen LogP contribution in [0.25, 0.3) is 0 Å². The predicted octanol–water partition coefficient (Wildman–Crippen LogP) is 4.26. The molecule has 0 saturated heterocycles. The molecule has 0 bridgehead atoms. The summed E-state index contributed by atoms with van der Waals surface area (Å²) in [4.78, 5) is 12.0. The first-order valence-corrected chi connectivity index (χ1v) is 7.81. The summed E-state index contributed by atoms with van der Waals surface area (Å²) in [5.41, 5.74) is 1.24. The lowest BCUT2D eigenvalue weighted by Gasteiger charge is -2.38. The fourth-order valence-corrected chi connectivity index (χ4v) is 3.65. The first kappa shape index (κ1) is 14.5. The van der Waals surface area contributed by atoms with Crippen molar-refractivity contribution in [1.29, 1.82) is 5.26 Å². The van der Waals surface area contributed by atoms with Crippen molar-refractivity contribution in [2.24, 2.45) is 5.92 Å². The molecule has 2 nitrogen and oxygen atoms in total. The molecule has 3 rings (SSSR count). The molecule has 0 amide bonds. The predicted molar refractivity (Wildman–Crippen MR) is 86.2 cm³/mol. The first-order chi connectivity index (χ1) is 10.8. The minimum atomic E-state index is -0.737. The lowest BCUT2D eigenvalue weighted by atomic mass is 9.62. The van der Waals surface area contributed by atoms with Gasteiger partial charge >= 0.3 is 0 Å². The molecule has 1 saturated carbocycles. The molecule has 1 fully saturated rings. The molecule has 1 unspecified atom stereocenters. The van der Waals surface area contributed by atoms with E-state index in [1.54, 1.807) is 0 Å². The average Bonchev–Trinajstić information content (AvgIpc) is 2.58. The fraction of sp³-hybridized carbons (Fsp3) is 0.300. The molecule has 0 spiro atoms. The van der Waals surface area contributed by atoms with Crippen LogP contribution >= 0.6 is 0 Å². The van der Waals surface area contributed by atoms with Gasteiger partial charge in [-0.15, -0.1) is 0 Å². The molecule has 2 aromatic carbocycles. The summed E-state index contributed by atoms with van der Waals surface area (Å²) >= 11 is 0. The summed E-state index contributed by atoms with van der Waals surface area (Å²) in [7, 11) is 0. The van der Waals surface area contributed by atoms with Crippen LogP contribution in [0.5, 0.6) is 0 Å². The molecule has 22 heavy (non-hydrogen) atoms. The van der Waals surface area contributed by atoms with Crippen LogP contribution in [0.4, 0.5) is 0 Å². The number of hydrogen-bond donors (Lipinski definition) is 0. The topological polar surface area (TPSA) is 40.9 Å². The lowest BCUT2D eigenvalue weighted by Crippen LogP contribution is -2.38. The van der Waals surface area contributed by atoms with Crippen LogP contribution in [-0.2, 0) is 10.2 Å². The van der Waals surface area contributed by atoms with Crippen LogP contribution in [0.1, 0.15) is 36.8 Å². The Morgan fingerprint density at radius 3 is 1.95 bits per heavy atom. The summed E-state index contributed by atoms with van der Waals surface area (Å²) in [5.74, 6) is 0.325.